The second kappa shape index (κ2) is 5.85. The van der Waals surface area contributed by atoms with E-state index in [0.29, 0.717) is 16.7 Å². The number of hydrogen-bond donors (Lipinski definition) is 1. The molecule has 3 rings (SSSR count). The van der Waals surface area contributed by atoms with Gasteiger partial charge in [-0.15, -0.1) is 0 Å². The molecule has 1 aromatic heterocycles. The molecular formula is C18H15NO3. The number of nitrogens with one attached hydrogen (secondary N) is 1. The van der Waals surface area contributed by atoms with Crippen LogP contribution in [0.25, 0.3) is 11.0 Å². The normalized spacial score (nSPS) is 10.6. The second-order valence-corrected chi connectivity index (χ2v) is 5.11. The van der Waals surface area contributed by atoms with Crippen LogP contribution in [-0.4, -0.2) is 5.91 Å². The molecule has 1 N–H and O–H groups in total. The van der Waals surface area contributed by atoms with Crippen LogP contribution in [0.15, 0.2) is 63.8 Å². The number of amides is 1. The third kappa shape index (κ3) is 2.91. The molecule has 4 heteroatoms. The van der Waals surface area contributed by atoms with Gasteiger partial charge in [-0.05, 0) is 30.7 Å². The molecule has 2 aromatic carbocycles. The van der Waals surface area contributed by atoms with Gasteiger partial charge in [0.25, 0.3) is 0 Å². The van der Waals surface area contributed by atoms with Crippen molar-refractivity contribution in [2.24, 2.45) is 0 Å². The molecule has 22 heavy (non-hydrogen) atoms. The van der Waals surface area contributed by atoms with E-state index >= 15 is 0 Å². The van der Waals surface area contributed by atoms with Crippen LogP contribution >= 0.6 is 0 Å². The maximum absolute atomic E-state index is 12.1. The molecule has 0 aliphatic carbocycles. The highest BCUT2D eigenvalue weighted by Gasteiger charge is 2.10. The van der Waals surface area contributed by atoms with Crippen molar-refractivity contribution in [1.29, 1.82) is 0 Å². The number of fused-ring (bicyclic) bond motifs is 1. The molecule has 0 unspecified atom stereocenters. The van der Waals surface area contributed by atoms with Gasteiger partial charge < -0.3 is 9.73 Å². The minimum Gasteiger partial charge on any atom is -0.460 e. The number of rotatable bonds is 3. The summed E-state index contributed by atoms with van der Waals surface area (Å²) in [5.74, 6) is 0.141. The monoisotopic (exact) mass is 293 g/mol. The van der Waals surface area contributed by atoms with Gasteiger partial charge in [-0.1, -0.05) is 30.3 Å². The SMILES string of the molecule is Cc1ccccc1NC(=O)Cc1cc(=O)c2ccccc2o1. The number of carbonyl (C=O) groups is 1. The van der Waals surface area contributed by atoms with Crippen LogP contribution in [0.4, 0.5) is 5.69 Å². The van der Waals surface area contributed by atoms with Crippen molar-refractivity contribution >= 4 is 22.6 Å². The first-order valence-electron chi connectivity index (χ1n) is 7.01. The average molecular weight is 293 g/mol. The van der Waals surface area contributed by atoms with Crippen LogP contribution in [-0.2, 0) is 11.2 Å². The fraction of sp³-hybridized carbons (Fsp3) is 0.111. The lowest BCUT2D eigenvalue weighted by molar-refractivity contribution is -0.115. The molecule has 0 aliphatic rings. The summed E-state index contributed by atoms with van der Waals surface area (Å²) >= 11 is 0. The summed E-state index contributed by atoms with van der Waals surface area (Å²) in [6.07, 6.45) is 0.0222. The number of benzene rings is 2. The third-order valence-corrected chi connectivity index (χ3v) is 3.44. The number of anilines is 1. The molecule has 0 aliphatic heterocycles. The van der Waals surface area contributed by atoms with Crippen LogP contribution in [0.3, 0.4) is 0 Å². The summed E-state index contributed by atoms with van der Waals surface area (Å²) in [4.78, 5) is 24.1. The van der Waals surface area contributed by atoms with E-state index in [4.69, 9.17) is 4.42 Å². The summed E-state index contributed by atoms with van der Waals surface area (Å²) < 4.78 is 5.62. The lowest BCUT2D eigenvalue weighted by Gasteiger charge is -2.08. The molecule has 0 spiro atoms. The van der Waals surface area contributed by atoms with Gasteiger partial charge in [0.15, 0.2) is 5.43 Å². The van der Waals surface area contributed by atoms with Gasteiger partial charge in [-0.2, -0.15) is 0 Å². The van der Waals surface area contributed by atoms with Crippen molar-refractivity contribution in [2.75, 3.05) is 5.32 Å². The summed E-state index contributed by atoms with van der Waals surface area (Å²) in [5.41, 5.74) is 2.10. The summed E-state index contributed by atoms with van der Waals surface area (Å²) in [5, 5.41) is 3.34. The van der Waals surface area contributed by atoms with Crippen molar-refractivity contribution in [3.05, 3.63) is 76.1 Å². The van der Waals surface area contributed by atoms with Crippen LogP contribution in [0.5, 0.6) is 0 Å². The Morgan fingerprint density at radius 1 is 1.09 bits per heavy atom. The van der Waals surface area contributed by atoms with Crippen LogP contribution in [0.1, 0.15) is 11.3 Å². The highest BCUT2D eigenvalue weighted by Crippen LogP contribution is 2.15. The van der Waals surface area contributed by atoms with Gasteiger partial charge in [0, 0.05) is 11.8 Å². The Kier molecular flexibility index (Phi) is 3.74. The van der Waals surface area contributed by atoms with Crippen LogP contribution < -0.4 is 10.7 Å². The number of hydrogen-bond acceptors (Lipinski definition) is 3. The summed E-state index contributed by atoms with van der Waals surface area (Å²) in [7, 11) is 0. The molecule has 1 amide bonds. The predicted molar refractivity (Wildman–Crippen MR) is 86.0 cm³/mol. The quantitative estimate of drug-likeness (QED) is 0.806. The summed E-state index contributed by atoms with van der Waals surface area (Å²) in [6.45, 7) is 1.92. The zero-order chi connectivity index (χ0) is 15.5. The molecule has 1 heterocycles. The topological polar surface area (TPSA) is 59.3 Å². The fourth-order valence-electron chi connectivity index (χ4n) is 2.31. The lowest BCUT2D eigenvalue weighted by atomic mass is 10.2. The number of para-hydroxylation sites is 2. The van der Waals surface area contributed by atoms with Crippen LogP contribution in [0.2, 0.25) is 0 Å². The Balaban J connectivity index is 1.83. The lowest BCUT2D eigenvalue weighted by Crippen LogP contribution is -2.16. The van der Waals surface area contributed by atoms with Gasteiger partial charge in [0.2, 0.25) is 5.91 Å². The molecule has 3 aromatic rings. The molecule has 4 nitrogen and oxygen atoms in total. The minimum absolute atomic E-state index is 0.0222. The first kappa shape index (κ1) is 14.1. The van der Waals surface area contributed by atoms with E-state index in [1.54, 1.807) is 24.3 Å². The zero-order valence-electron chi connectivity index (χ0n) is 12.1. The maximum Gasteiger partial charge on any atom is 0.232 e. The third-order valence-electron chi connectivity index (χ3n) is 3.44. The first-order valence-corrected chi connectivity index (χ1v) is 7.01. The predicted octanol–water partition coefficient (Wildman–Crippen LogP) is 3.28. The fourth-order valence-corrected chi connectivity index (χ4v) is 2.31. The van der Waals surface area contributed by atoms with E-state index in [0.717, 1.165) is 11.3 Å². The highest BCUT2D eigenvalue weighted by atomic mass is 16.3. The minimum atomic E-state index is -0.215. The smallest absolute Gasteiger partial charge is 0.232 e. The Bertz CT molecular complexity index is 896. The standard InChI is InChI=1S/C18H15NO3/c1-12-6-2-4-8-15(12)19-18(21)11-13-10-16(20)14-7-3-5-9-17(14)22-13/h2-10H,11H2,1H3,(H,19,21). The molecule has 110 valence electrons. The maximum atomic E-state index is 12.1. The number of carbonyl (C=O) groups excluding carboxylic acids is 1. The molecule has 0 atom stereocenters. The van der Waals surface area contributed by atoms with Crippen molar-refractivity contribution in [1.82, 2.24) is 0 Å². The average Bonchev–Trinajstić information content (AvgIpc) is 2.49. The van der Waals surface area contributed by atoms with Crippen LogP contribution in [0, 0.1) is 6.92 Å². The van der Waals surface area contributed by atoms with Gasteiger partial charge in [0.1, 0.15) is 11.3 Å². The van der Waals surface area contributed by atoms with E-state index < -0.39 is 0 Å². The molecule has 0 saturated heterocycles. The van der Waals surface area contributed by atoms with E-state index in [-0.39, 0.29) is 17.8 Å². The Labute approximate surface area is 127 Å². The van der Waals surface area contributed by atoms with Gasteiger partial charge >= 0.3 is 0 Å². The molecular weight excluding hydrogens is 278 g/mol. The Morgan fingerprint density at radius 3 is 2.64 bits per heavy atom. The van der Waals surface area contributed by atoms with E-state index in [9.17, 15) is 9.59 Å². The molecule has 0 radical (unpaired) electrons. The van der Waals surface area contributed by atoms with Gasteiger partial charge in [-0.3, -0.25) is 9.59 Å². The molecule has 0 saturated carbocycles. The van der Waals surface area contributed by atoms with E-state index in [1.165, 1.54) is 6.07 Å². The Hall–Kier alpha value is -2.88. The largest absolute Gasteiger partial charge is 0.460 e. The van der Waals surface area contributed by atoms with Gasteiger partial charge in [0.05, 0.1) is 11.8 Å². The summed E-state index contributed by atoms with van der Waals surface area (Å²) in [6, 6.07) is 15.9. The Morgan fingerprint density at radius 2 is 1.82 bits per heavy atom. The molecule has 0 bridgehead atoms. The van der Waals surface area contributed by atoms with Crippen molar-refractivity contribution in [3.8, 4) is 0 Å². The van der Waals surface area contributed by atoms with E-state index in [2.05, 4.69) is 5.32 Å². The second-order valence-electron chi connectivity index (χ2n) is 5.11. The molecule has 0 fully saturated rings. The van der Waals surface area contributed by atoms with E-state index in [1.807, 2.05) is 31.2 Å². The van der Waals surface area contributed by atoms with Crippen molar-refractivity contribution in [2.45, 2.75) is 13.3 Å². The first-order chi connectivity index (χ1) is 10.6. The van der Waals surface area contributed by atoms with Crippen molar-refractivity contribution in [3.63, 3.8) is 0 Å². The van der Waals surface area contributed by atoms with Crippen molar-refractivity contribution < 1.29 is 9.21 Å². The zero-order valence-corrected chi connectivity index (χ0v) is 12.1. The van der Waals surface area contributed by atoms with Gasteiger partial charge in [-0.25, -0.2) is 0 Å². The number of aryl methyl sites for hydroxylation is 1. The highest BCUT2D eigenvalue weighted by molar-refractivity contribution is 5.92.